The van der Waals surface area contributed by atoms with E-state index in [1.165, 1.54) is 4.90 Å². The first-order valence-electron chi connectivity index (χ1n) is 13.1. The summed E-state index contributed by atoms with van der Waals surface area (Å²) in [6.45, 7) is 8.68. The fourth-order valence-corrected chi connectivity index (χ4v) is 6.15. The Kier molecular flexibility index (Phi) is 7.42. The number of aliphatic hydroxyl groups is 1. The van der Waals surface area contributed by atoms with Crippen LogP contribution in [0.2, 0.25) is 0 Å². The van der Waals surface area contributed by atoms with Gasteiger partial charge < -0.3 is 24.8 Å². The van der Waals surface area contributed by atoms with Crippen LogP contribution in [0.4, 0.5) is 4.79 Å². The molecule has 0 radical (unpaired) electrons. The molecule has 9 heteroatoms. The van der Waals surface area contributed by atoms with Gasteiger partial charge in [0.05, 0.1) is 18.4 Å². The van der Waals surface area contributed by atoms with Crippen LogP contribution < -0.4 is 10.1 Å². The van der Waals surface area contributed by atoms with E-state index in [0.717, 1.165) is 32.1 Å². The van der Waals surface area contributed by atoms with E-state index in [9.17, 15) is 14.7 Å². The highest BCUT2D eigenvalue weighted by atomic mass is 16.6. The number of carbonyl (C=O) groups excluding carboxylic acids is 2. The first-order valence-corrected chi connectivity index (χ1v) is 13.1. The van der Waals surface area contributed by atoms with Crippen molar-refractivity contribution in [3.8, 4) is 5.88 Å². The van der Waals surface area contributed by atoms with Crippen LogP contribution in [0.3, 0.4) is 0 Å². The van der Waals surface area contributed by atoms with Gasteiger partial charge in [0.2, 0.25) is 5.88 Å². The molecule has 4 bridgehead atoms. The van der Waals surface area contributed by atoms with Crippen molar-refractivity contribution in [1.29, 1.82) is 0 Å². The standard InChI is InChI=1S/C27H42N4O5/c1-17(2)15-35-24-21(14-28-31(24)8-7-26(3,4)16-36-25(33)30(5)6)23(32)29-22-19-9-18-10-20(22)13-27(34,11-18)12-19/h7-8,14,17-20,22,34H,9-13,15-16H2,1-6H3,(H,29,32)/b8-7+. The van der Waals surface area contributed by atoms with E-state index in [0.29, 0.717) is 35.8 Å². The predicted molar refractivity (Wildman–Crippen MR) is 136 cm³/mol. The number of nitrogens with zero attached hydrogens (tertiary/aromatic N) is 3. The SMILES string of the molecule is CC(C)COc1c(C(=O)NC2C3CC4CC2CC(O)(C4)C3)cnn1/C=C/C(C)(C)COC(=O)N(C)C. The average molecular weight is 503 g/mol. The van der Waals surface area contributed by atoms with E-state index in [2.05, 4.69) is 24.3 Å². The smallest absolute Gasteiger partial charge is 0.409 e. The summed E-state index contributed by atoms with van der Waals surface area (Å²) < 4.78 is 13.0. The highest BCUT2D eigenvalue weighted by molar-refractivity contribution is 5.96. The van der Waals surface area contributed by atoms with E-state index in [1.807, 2.05) is 19.9 Å². The summed E-state index contributed by atoms with van der Waals surface area (Å²) in [5, 5.41) is 18.6. The molecule has 9 nitrogen and oxygen atoms in total. The normalized spacial score (nSPS) is 29.1. The fraction of sp³-hybridized carbons (Fsp3) is 0.741. The summed E-state index contributed by atoms with van der Waals surface area (Å²) in [4.78, 5) is 26.6. The summed E-state index contributed by atoms with van der Waals surface area (Å²) in [5.74, 6) is 1.73. The van der Waals surface area contributed by atoms with Crippen molar-refractivity contribution < 1.29 is 24.2 Å². The minimum absolute atomic E-state index is 0.0801. The number of hydrogen-bond donors (Lipinski definition) is 2. The van der Waals surface area contributed by atoms with Crippen LogP contribution in [-0.4, -0.2) is 70.7 Å². The number of hydrogen-bond acceptors (Lipinski definition) is 6. The van der Waals surface area contributed by atoms with Gasteiger partial charge in [-0.2, -0.15) is 5.10 Å². The molecular formula is C27H42N4O5. The first-order chi connectivity index (χ1) is 16.9. The Morgan fingerprint density at radius 3 is 2.53 bits per heavy atom. The van der Waals surface area contributed by atoms with Gasteiger partial charge >= 0.3 is 6.09 Å². The van der Waals surface area contributed by atoms with Gasteiger partial charge in [-0.05, 0) is 55.8 Å². The summed E-state index contributed by atoms with van der Waals surface area (Å²) in [6.07, 6.45) is 9.43. The monoisotopic (exact) mass is 502 g/mol. The highest BCUT2D eigenvalue weighted by Crippen LogP contribution is 2.55. The number of aromatic nitrogens is 2. The van der Waals surface area contributed by atoms with Crippen LogP contribution in [-0.2, 0) is 4.74 Å². The molecule has 0 aromatic carbocycles. The molecule has 200 valence electrons. The largest absolute Gasteiger partial charge is 0.477 e. The van der Waals surface area contributed by atoms with Crippen molar-refractivity contribution in [2.24, 2.45) is 29.1 Å². The maximum Gasteiger partial charge on any atom is 0.409 e. The number of rotatable bonds is 9. The summed E-state index contributed by atoms with van der Waals surface area (Å²) in [5.41, 5.74) is -0.576. The molecule has 2 atom stereocenters. The van der Waals surface area contributed by atoms with Gasteiger partial charge in [0.1, 0.15) is 12.2 Å². The Morgan fingerprint density at radius 1 is 1.28 bits per heavy atom. The summed E-state index contributed by atoms with van der Waals surface area (Å²) >= 11 is 0. The molecule has 36 heavy (non-hydrogen) atoms. The van der Waals surface area contributed by atoms with Gasteiger partial charge in [-0.1, -0.05) is 33.8 Å². The zero-order valence-electron chi connectivity index (χ0n) is 22.5. The Balaban J connectivity index is 1.48. The van der Waals surface area contributed by atoms with E-state index < -0.39 is 17.1 Å². The van der Waals surface area contributed by atoms with Gasteiger partial charge in [0.25, 0.3) is 5.91 Å². The minimum atomic E-state index is -0.535. The summed E-state index contributed by atoms with van der Waals surface area (Å²) in [6, 6.07) is 0.0801. The second-order valence-corrected chi connectivity index (χ2v) is 12.5. The third kappa shape index (κ3) is 5.88. The van der Waals surface area contributed by atoms with Crippen molar-refractivity contribution >= 4 is 18.2 Å². The molecule has 1 heterocycles. The number of amides is 2. The van der Waals surface area contributed by atoms with Gasteiger partial charge in [-0.15, -0.1) is 0 Å². The first kappa shape index (κ1) is 26.5. The topological polar surface area (TPSA) is 106 Å². The molecule has 4 fully saturated rings. The van der Waals surface area contributed by atoms with Crippen molar-refractivity contribution in [1.82, 2.24) is 20.0 Å². The van der Waals surface area contributed by atoms with E-state index in [4.69, 9.17) is 9.47 Å². The van der Waals surface area contributed by atoms with Crippen molar-refractivity contribution in [2.75, 3.05) is 27.3 Å². The van der Waals surface area contributed by atoms with Gasteiger partial charge in [-0.3, -0.25) is 4.79 Å². The predicted octanol–water partition coefficient (Wildman–Crippen LogP) is 3.78. The quantitative estimate of drug-likeness (QED) is 0.532. The Hall–Kier alpha value is -2.55. The number of carbonyl (C=O) groups is 2. The fourth-order valence-electron chi connectivity index (χ4n) is 6.15. The van der Waals surface area contributed by atoms with Crippen molar-refractivity contribution in [3.63, 3.8) is 0 Å². The van der Waals surface area contributed by atoms with Crippen LogP contribution in [0.25, 0.3) is 6.20 Å². The molecule has 1 aromatic rings. The van der Waals surface area contributed by atoms with Crippen molar-refractivity contribution in [2.45, 2.75) is 71.4 Å². The minimum Gasteiger partial charge on any atom is -0.477 e. The third-order valence-corrected chi connectivity index (χ3v) is 7.69. The molecule has 0 aliphatic heterocycles. The zero-order valence-corrected chi connectivity index (χ0v) is 22.5. The molecule has 2 amide bonds. The van der Waals surface area contributed by atoms with Gasteiger partial charge in [0, 0.05) is 31.8 Å². The van der Waals surface area contributed by atoms with Gasteiger partial charge in [-0.25, -0.2) is 9.48 Å². The second kappa shape index (κ2) is 10.1. The molecule has 4 saturated carbocycles. The molecule has 0 spiro atoms. The molecule has 1 aromatic heterocycles. The molecule has 0 saturated heterocycles. The molecule has 2 N–H and O–H groups in total. The Labute approximate surface area is 214 Å². The van der Waals surface area contributed by atoms with Crippen LogP contribution in [0.1, 0.15) is 70.2 Å². The van der Waals surface area contributed by atoms with E-state index >= 15 is 0 Å². The maximum atomic E-state index is 13.4. The van der Waals surface area contributed by atoms with Crippen molar-refractivity contribution in [3.05, 3.63) is 17.8 Å². The van der Waals surface area contributed by atoms with E-state index in [1.54, 1.807) is 31.2 Å². The highest BCUT2D eigenvalue weighted by Gasteiger charge is 2.55. The lowest BCUT2D eigenvalue weighted by atomic mass is 9.52. The van der Waals surface area contributed by atoms with Gasteiger partial charge in [0.15, 0.2) is 0 Å². The van der Waals surface area contributed by atoms with E-state index in [-0.39, 0.29) is 24.5 Å². The van der Waals surface area contributed by atoms with Crippen LogP contribution in [0.15, 0.2) is 12.3 Å². The molecule has 4 aliphatic carbocycles. The number of nitrogens with one attached hydrogen (secondary N) is 1. The Bertz CT molecular complexity index is 982. The number of ether oxygens (including phenoxy) is 2. The second-order valence-electron chi connectivity index (χ2n) is 12.5. The average Bonchev–Trinajstić information content (AvgIpc) is 3.19. The molecule has 4 aliphatic rings. The lowest BCUT2D eigenvalue weighted by molar-refractivity contribution is -0.136. The lowest BCUT2D eigenvalue weighted by Gasteiger charge is -2.58. The lowest BCUT2D eigenvalue weighted by Crippen LogP contribution is -2.61. The summed E-state index contributed by atoms with van der Waals surface area (Å²) in [7, 11) is 3.29. The zero-order chi connectivity index (χ0) is 26.3. The van der Waals surface area contributed by atoms with Crippen LogP contribution in [0.5, 0.6) is 5.88 Å². The molecule has 2 unspecified atom stereocenters. The van der Waals surface area contributed by atoms with Crippen LogP contribution in [0, 0.1) is 29.1 Å². The molecule has 5 rings (SSSR count). The Morgan fingerprint density at radius 2 is 1.94 bits per heavy atom. The third-order valence-electron chi connectivity index (χ3n) is 7.69. The maximum absolute atomic E-state index is 13.4. The van der Waals surface area contributed by atoms with Crippen LogP contribution >= 0.6 is 0 Å². The molecular weight excluding hydrogens is 460 g/mol.